The maximum Gasteiger partial charge on any atom is 0.416 e. The van der Waals surface area contributed by atoms with Crippen molar-refractivity contribution < 1.29 is 31.4 Å². The standard InChI is InChI=1S/C18H19F6N3O/c1-2-11-9-26-15(27-10-11)16(25,5-6-28)8-12-3-4-13(17(19,20)21)7-14(12)18(22,23)24/h3-4,7,9-10,28H,2,5-6,8,25H2,1H3. The number of halogens is 6. The fraction of sp³-hybridized carbons (Fsp3) is 0.444. The van der Waals surface area contributed by atoms with Crippen molar-refractivity contribution in [1.82, 2.24) is 9.97 Å². The molecule has 0 spiro atoms. The summed E-state index contributed by atoms with van der Waals surface area (Å²) in [6.07, 6.45) is -7.01. The van der Waals surface area contributed by atoms with Gasteiger partial charge in [0.1, 0.15) is 5.82 Å². The first-order valence-corrected chi connectivity index (χ1v) is 8.39. The van der Waals surface area contributed by atoms with E-state index in [1.165, 1.54) is 12.4 Å². The third kappa shape index (κ3) is 4.99. The molecule has 0 aliphatic carbocycles. The number of hydrogen-bond acceptors (Lipinski definition) is 4. The lowest BCUT2D eigenvalue weighted by atomic mass is 9.85. The molecule has 0 saturated heterocycles. The van der Waals surface area contributed by atoms with Crippen LogP contribution in [0, 0.1) is 0 Å². The average molecular weight is 407 g/mol. The molecule has 3 N–H and O–H groups in total. The highest BCUT2D eigenvalue weighted by molar-refractivity contribution is 5.37. The summed E-state index contributed by atoms with van der Waals surface area (Å²) >= 11 is 0. The monoisotopic (exact) mass is 407 g/mol. The van der Waals surface area contributed by atoms with E-state index in [1.807, 2.05) is 6.92 Å². The van der Waals surface area contributed by atoms with Gasteiger partial charge in [-0.25, -0.2) is 9.97 Å². The van der Waals surface area contributed by atoms with Crippen LogP contribution in [0.15, 0.2) is 30.6 Å². The molecule has 0 radical (unpaired) electrons. The van der Waals surface area contributed by atoms with Crippen LogP contribution in [0.25, 0.3) is 0 Å². The third-order valence-corrected chi connectivity index (χ3v) is 4.37. The fourth-order valence-electron chi connectivity index (χ4n) is 2.78. The minimum Gasteiger partial charge on any atom is -0.396 e. The maximum absolute atomic E-state index is 13.4. The molecule has 1 unspecified atom stereocenters. The van der Waals surface area contributed by atoms with Gasteiger partial charge in [0.2, 0.25) is 0 Å². The van der Waals surface area contributed by atoms with Gasteiger partial charge in [-0.3, -0.25) is 0 Å². The van der Waals surface area contributed by atoms with Gasteiger partial charge in [0.25, 0.3) is 0 Å². The first kappa shape index (κ1) is 22.1. The molecule has 1 aromatic heterocycles. The minimum atomic E-state index is -5.01. The zero-order valence-corrected chi connectivity index (χ0v) is 14.9. The highest BCUT2D eigenvalue weighted by Gasteiger charge is 2.40. The van der Waals surface area contributed by atoms with Crippen LogP contribution in [0.1, 0.15) is 41.4 Å². The van der Waals surface area contributed by atoms with Crippen molar-refractivity contribution in [2.75, 3.05) is 6.61 Å². The fourth-order valence-corrected chi connectivity index (χ4v) is 2.78. The Kier molecular flexibility index (Phi) is 6.34. The predicted octanol–water partition coefficient (Wildman–Crippen LogP) is 3.86. The smallest absolute Gasteiger partial charge is 0.396 e. The van der Waals surface area contributed by atoms with E-state index in [0.29, 0.717) is 12.5 Å². The largest absolute Gasteiger partial charge is 0.416 e. The molecule has 0 fully saturated rings. The van der Waals surface area contributed by atoms with Gasteiger partial charge in [0, 0.05) is 19.0 Å². The summed E-state index contributed by atoms with van der Waals surface area (Å²) in [4.78, 5) is 8.15. The summed E-state index contributed by atoms with van der Waals surface area (Å²) in [7, 11) is 0. The molecule has 0 aliphatic rings. The van der Waals surface area contributed by atoms with Crippen molar-refractivity contribution in [3.8, 4) is 0 Å². The number of aromatic nitrogens is 2. The lowest BCUT2D eigenvalue weighted by Gasteiger charge is -2.29. The van der Waals surface area contributed by atoms with E-state index < -0.39 is 47.6 Å². The normalized spacial score (nSPS) is 14.8. The van der Waals surface area contributed by atoms with E-state index in [1.54, 1.807) is 0 Å². The molecule has 1 heterocycles. The highest BCUT2D eigenvalue weighted by atomic mass is 19.4. The zero-order chi connectivity index (χ0) is 21.2. The molecule has 1 aromatic carbocycles. The van der Waals surface area contributed by atoms with E-state index in [9.17, 15) is 31.4 Å². The van der Waals surface area contributed by atoms with Crippen molar-refractivity contribution in [2.24, 2.45) is 5.73 Å². The Balaban J connectivity index is 2.51. The Morgan fingerprint density at radius 2 is 1.61 bits per heavy atom. The molecule has 2 rings (SSSR count). The Morgan fingerprint density at radius 1 is 1.00 bits per heavy atom. The number of aliphatic hydroxyl groups excluding tert-OH is 1. The molecule has 2 aromatic rings. The van der Waals surface area contributed by atoms with E-state index >= 15 is 0 Å². The third-order valence-electron chi connectivity index (χ3n) is 4.37. The predicted molar refractivity (Wildman–Crippen MR) is 89.1 cm³/mol. The second-order valence-electron chi connectivity index (χ2n) is 6.44. The molecule has 0 saturated carbocycles. The molecule has 1 atom stereocenters. The number of alkyl halides is 6. The number of aryl methyl sites for hydroxylation is 1. The average Bonchev–Trinajstić information content (AvgIpc) is 2.60. The van der Waals surface area contributed by atoms with Crippen molar-refractivity contribution in [2.45, 2.75) is 44.1 Å². The molecular formula is C18H19F6N3O. The van der Waals surface area contributed by atoms with Crippen molar-refractivity contribution in [3.05, 3.63) is 58.7 Å². The van der Waals surface area contributed by atoms with E-state index in [2.05, 4.69) is 9.97 Å². The van der Waals surface area contributed by atoms with Crippen LogP contribution in [0.4, 0.5) is 26.3 Å². The maximum atomic E-state index is 13.4. The molecule has 10 heteroatoms. The lowest BCUT2D eigenvalue weighted by molar-refractivity contribution is -0.143. The summed E-state index contributed by atoms with van der Waals surface area (Å²) in [5.41, 5.74) is 2.14. The Morgan fingerprint density at radius 3 is 2.07 bits per heavy atom. The van der Waals surface area contributed by atoms with Crippen LogP contribution in [0.5, 0.6) is 0 Å². The number of nitrogens with zero attached hydrogens (tertiary/aromatic N) is 2. The molecule has 28 heavy (non-hydrogen) atoms. The topological polar surface area (TPSA) is 72.0 Å². The summed E-state index contributed by atoms with van der Waals surface area (Å²) in [5.74, 6) is 0.00627. The minimum absolute atomic E-state index is 0.00627. The SMILES string of the molecule is CCc1cnc(C(N)(CCO)Cc2ccc(C(F)(F)F)cc2C(F)(F)F)nc1. The number of rotatable bonds is 6. The molecule has 0 amide bonds. The van der Waals surface area contributed by atoms with Gasteiger partial charge in [0.15, 0.2) is 0 Å². The zero-order valence-electron chi connectivity index (χ0n) is 14.9. The van der Waals surface area contributed by atoms with Crippen LogP contribution < -0.4 is 5.73 Å². The van der Waals surface area contributed by atoms with Crippen molar-refractivity contribution in [3.63, 3.8) is 0 Å². The summed E-state index contributed by atoms with van der Waals surface area (Å²) in [6.45, 7) is 1.40. The summed E-state index contributed by atoms with van der Waals surface area (Å²) < 4.78 is 78.7. The van der Waals surface area contributed by atoms with Crippen LogP contribution >= 0.6 is 0 Å². The molecule has 154 valence electrons. The number of aliphatic hydroxyl groups is 1. The summed E-state index contributed by atoms with van der Waals surface area (Å²) in [5, 5.41) is 9.32. The quantitative estimate of drug-likeness (QED) is 0.714. The second-order valence-corrected chi connectivity index (χ2v) is 6.44. The van der Waals surface area contributed by atoms with E-state index in [4.69, 9.17) is 5.73 Å². The van der Waals surface area contributed by atoms with Crippen LogP contribution in [-0.2, 0) is 30.7 Å². The number of hydrogen-bond donors (Lipinski definition) is 2. The highest BCUT2D eigenvalue weighted by Crippen LogP contribution is 2.39. The van der Waals surface area contributed by atoms with Gasteiger partial charge in [-0.15, -0.1) is 0 Å². The molecule has 4 nitrogen and oxygen atoms in total. The number of nitrogens with two attached hydrogens (primary N) is 1. The van der Waals surface area contributed by atoms with E-state index in [0.717, 1.165) is 11.6 Å². The molecule has 0 bridgehead atoms. The van der Waals surface area contributed by atoms with Gasteiger partial charge in [-0.2, -0.15) is 26.3 Å². The Hall–Kier alpha value is -2.20. The van der Waals surface area contributed by atoms with Crippen LogP contribution in [0.2, 0.25) is 0 Å². The summed E-state index contributed by atoms with van der Waals surface area (Å²) in [6, 6.07) is 1.39. The first-order valence-electron chi connectivity index (χ1n) is 8.39. The molecular weight excluding hydrogens is 388 g/mol. The van der Waals surface area contributed by atoms with Gasteiger partial charge < -0.3 is 10.8 Å². The Labute approximate surface area is 157 Å². The van der Waals surface area contributed by atoms with Gasteiger partial charge in [0.05, 0.1) is 16.7 Å². The second kappa shape index (κ2) is 8.04. The van der Waals surface area contributed by atoms with Gasteiger partial charge in [-0.05, 0) is 42.5 Å². The van der Waals surface area contributed by atoms with Crippen molar-refractivity contribution >= 4 is 0 Å². The van der Waals surface area contributed by atoms with Gasteiger partial charge >= 0.3 is 12.4 Å². The Bertz CT molecular complexity index is 804. The van der Waals surface area contributed by atoms with E-state index in [-0.39, 0.29) is 18.3 Å². The lowest BCUT2D eigenvalue weighted by Crippen LogP contribution is -2.42. The first-order chi connectivity index (χ1) is 12.9. The number of benzene rings is 1. The van der Waals surface area contributed by atoms with Gasteiger partial charge in [-0.1, -0.05) is 13.0 Å². The molecule has 0 aliphatic heterocycles. The van der Waals surface area contributed by atoms with Crippen LogP contribution in [-0.4, -0.2) is 21.7 Å². The van der Waals surface area contributed by atoms with Crippen molar-refractivity contribution in [1.29, 1.82) is 0 Å². The van der Waals surface area contributed by atoms with Crippen LogP contribution in [0.3, 0.4) is 0 Å².